The van der Waals surface area contributed by atoms with Gasteiger partial charge in [0, 0.05) is 68.9 Å². The number of carbonyl (C=O) groups is 1. The Labute approximate surface area is 234 Å². The van der Waals surface area contributed by atoms with E-state index < -0.39 is 10.0 Å². The third kappa shape index (κ3) is 6.60. The van der Waals surface area contributed by atoms with Crippen LogP contribution in [0.15, 0.2) is 84.3 Å². The van der Waals surface area contributed by atoms with E-state index >= 15 is 0 Å². The molecule has 1 aliphatic rings. The lowest BCUT2D eigenvalue weighted by molar-refractivity contribution is -0.125. The second-order valence-electron chi connectivity index (χ2n) is 9.82. The smallest absolute Gasteiger partial charge is 0.243 e. The van der Waals surface area contributed by atoms with E-state index in [2.05, 4.69) is 25.5 Å². The molecule has 0 bridgehead atoms. The number of rotatable bonds is 7. The summed E-state index contributed by atoms with van der Waals surface area (Å²) in [6.07, 6.45) is 9.77. The van der Waals surface area contributed by atoms with Crippen molar-refractivity contribution in [3.8, 4) is 11.4 Å². The second-order valence-corrected chi connectivity index (χ2v) is 11.8. The van der Waals surface area contributed by atoms with Crippen LogP contribution in [-0.4, -0.2) is 63.0 Å². The molecule has 1 amide bonds. The van der Waals surface area contributed by atoms with Crippen LogP contribution in [0.2, 0.25) is 0 Å². The molecule has 0 aliphatic carbocycles. The highest BCUT2D eigenvalue weighted by Crippen LogP contribution is 2.24. The van der Waals surface area contributed by atoms with Crippen molar-refractivity contribution in [2.45, 2.75) is 43.5 Å². The van der Waals surface area contributed by atoms with Crippen molar-refractivity contribution in [3.05, 3.63) is 90.8 Å². The minimum Gasteiger partial charge on any atom is -0.356 e. The fraction of sp³-hybridized carbons (Fsp3) is 0.345. The van der Waals surface area contributed by atoms with Crippen molar-refractivity contribution in [1.82, 2.24) is 34.4 Å². The Balaban J connectivity index is 1.39. The van der Waals surface area contributed by atoms with Crippen LogP contribution in [0.25, 0.3) is 11.4 Å². The molecule has 1 unspecified atom stereocenters. The van der Waals surface area contributed by atoms with E-state index in [1.165, 1.54) is 4.31 Å². The Bertz CT molecular complexity index is 1500. The molecule has 5 rings (SSSR count). The average Bonchev–Trinajstić information content (AvgIpc) is 3.38. The fourth-order valence-electron chi connectivity index (χ4n) is 5.01. The Kier molecular flexibility index (Phi) is 8.92. The van der Waals surface area contributed by atoms with Gasteiger partial charge in [-0.05, 0) is 67.6 Å². The molecule has 0 saturated heterocycles. The predicted octanol–water partition coefficient (Wildman–Crippen LogP) is 3.13. The molecule has 10 nitrogen and oxygen atoms in total. The maximum absolute atomic E-state index is 13.6. The van der Waals surface area contributed by atoms with Crippen LogP contribution in [0.3, 0.4) is 0 Å². The molecule has 40 heavy (non-hydrogen) atoms. The summed E-state index contributed by atoms with van der Waals surface area (Å²) in [5.41, 5.74) is 1.93. The largest absolute Gasteiger partial charge is 0.356 e. The summed E-state index contributed by atoms with van der Waals surface area (Å²) in [6, 6.07) is 16.1. The van der Waals surface area contributed by atoms with Gasteiger partial charge in [-0.2, -0.15) is 4.31 Å². The van der Waals surface area contributed by atoms with Crippen LogP contribution in [0.4, 0.5) is 0 Å². The van der Waals surface area contributed by atoms with E-state index in [4.69, 9.17) is 0 Å². The average molecular weight is 560 g/mol. The summed E-state index contributed by atoms with van der Waals surface area (Å²) in [4.78, 5) is 21.9. The van der Waals surface area contributed by atoms with Crippen LogP contribution in [0.1, 0.15) is 30.7 Å². The minimum absolute atomic E-state index is 0.0247. The van der Waals surface area contributed by atoms with Gasteiger partial charge in [0.2, 0.25) is 15.9 Å². The Morgan fingerprint density at radius 3 is 2.50 bits per heavy atom. The van der Waals surface area contributed by atoms with Crippen LogP contribution >= 0.6 is 0 Å². The van der Waals surface area contributed by atoms with Gasteiger partial charge in [-0.1, -0.05) is 18.2 Å². The maximum atomic E-state index is 13.6. The third-order valence-corrected chi connectivity index (χ3v) is 9.12. The summed E-state index contributed by atoms with van der Waals surface area (Å²) in [5.74, 6) is 1.04. The molecular formula is C29H33N7O3S. The van der Waals surface area contributed by atoms with Gasteiger partial charge in [-0.15, -0.1) is 10.2 Å². The summed E-state index contributed by atoms with van der Waals surface area (Å²) >= 11 is 0. The normalized spacial score (nSPS) is 16.9. The van der Waals surface area contributed by atoms with Gasteiger partial charge in [-0.25, -0.2) is 8.42 Å². The number of fused-ring (bicyclic) bond motifs is 1. The molecule has 0 radical (unpaired) electrons. The summed E-state index contributed by atoms with van der Waals surface area (Å²) in [5, 5.41) is 12.0. The predicted molar refractivity (Wildman–Crippen MR) is 150 cm³/mol. The van der Waals surface area contributed by atoms with Crippen molar-refractivity contribution in [2.75, 3.05) is 19.6 Å². The highest BCUT2D eigenvalue weighted by atomic mass is 32.2. The molecule has 4 heterocycles. The van der Waals surface area contributed by atoms with Gasteiger partial charge in [-0.3, -0.25) is 14.8 Å². The Morgan fingerprint density at radius 2 is 1.73 bits per heavy atom. The lowest BCUT2D eigenvalue weighted by atomic mass is 9.98. The molecule has 1 N–H and O–H groups in total. The lowest BCUT2D eigenvalue weighted by Gasteiger charge is -2.22. The number of nitrogens with zero attached hydrogens (tertiary/aromatic N) is 6. The first-order valence-electron chi connectivity index (χ1n) is 13.6. The van der Waals surface area contributed by atoms with Crippen LogP contribution in [0, 0.1) is 5.92 Å². The molecule has 1 aromatic carbocycles. The van der Waals surface area contributed by atoms with Gasteiger partial charge in [0.1, 0.15) is 5.82 Å². The number of aromatic nitrogens is 5. The standard InChI is InChI=1S/C29H33N7O3S/c37-29(32-18-12-23-10-16-30-17-11-23)24-7-5-19-35(40(38,39)26-8-2-1-3-9-26)20-14-27-33-34-28(36(27)21-13-24)25-6-4-15-31-22-25/h1-4,6,8-11,15-17,22,24H,5,7,12-14,18-21H2,(H,32,37). The highest BCUT2D eigenvalue weighted by molar-refractivity contribution is 7.89. The van der Waals surface area contributed by atoms with Gasteiger partial charge < -0.3 is 9.88 Å². The maximum Gasteiger partial charge on any atom is 0.243 e. The van der Waals surface area contributed by atoms with E-state index in [9.17, 15) is 13.2 Å². The molecule has 11 heteroatoms. The number of amides is 1. The summed E-state index contributed by atoms with van der Waals surface area (Å²) in [6.45, 7) is 1.65. The Hall–Kier alpha value is -3.96. The number of hydrogen-bond acceptors (Lipinski definition) is 7. The molecule has 0 fully saturated rings. The summed E-state index contributed by atoms with van der Waals surface area (Å²) in [7, 11) is -3.71. The zero-order valence-electron chi connectivity index (χ0n) is 22.3. The number of nitrogens with one attached hydrogen (secondary N) is 1. The van der Waals surface area contributed by atoms with E-state index in [0.29, 0.717) is 63.4 Å². The number of sulfonamides is 1. The van der Waals surface area contributed by atoms with Crippen molar-refractivity contribution < 1.29 is 13.2 Å². The first kappa shape index (κ1) is 27.6. The molecule has 0 spiro atoms. The monoisotopic (exact) mass is 559 g/mol. The fourth-order valence-corrected chi connectivity index (χ4v) is 6.51. The van der Waals surface area contributed by atoms with Crippen molar-refractivity contribution in [1.29, 1.82) is 0 Å². The topological polar surface area (TPSA) is 123 Å². The number of hydrogen-bond donors (Lipinski definition) is 1. The van der Waals surface area contributed by atoms with Crippen LogP contribution in [0.5, 0.6) is 0 Å². The van der Waals surface area contributed by atoms with Crippen LogP contribution in [-0.2, 0) is 34.2 Å². The molecule has 3 aromatic heterocycles. The zero-order valence-corrected chi connectivity index (χ0v) is 23.1. The zero-order chi connectivity index (χ0) is 27.8. The van der Waals surface area contributed by atoms with Crippen molar-refractivity contribution in [3.63, 3.8) is 0 Å². The van der Waals surface area contributed by atoms with Crippen molar-refractivity contribution >= 4 is 15.9 Å². The number of carbonyl (C=O) groups excluding carboxylic acids is 1. The Morgan fingerprint density at radius 1 is 0.900 bits per heavy atom. The second kappa shape index (κ2) is 12.9. The third-order valence-electron chi connectivity index (χ3n) is 7.21. The summed E-state index contributed by atoms with van der Waals surface area (Å²) < 4.78 is 30.6. The van der Waals surface area contributed by atoms with Gasteiger partial charge >= 0.3 is 0 Å². The SMILES string of the molecule is O=C(NCCc1ccncc1)C1CCCN(S(=O)(=O)c2ccccc2)CCc2nnc(-c3cccnc3)n2CC1. The van der Waals surface area contributed by atoms with Gasteiger partial charge in [0.05, 0.1) is 4.90 Å². The quantitative estimate of drug-likeness (QED) is 0.369. The number of benzene rings is 1. The van der Waals surface area contributed by atoms with Gasteiger partial charge in [0.15, 0.2) is 5.82 Å². The number of pyridine rings is 2. The van der Waals surface area contributed by atoms with Gasteiger partial charge in [0.25, 0.3) is 0 Å². The molecule has 0 saturated carbocycles. The molecule has 208 valence electrons. The molecule has 1 atom stereocenters. The molecule has 4 aromatic rings. The van der Waals surface area contributed by atoms with E-state index in [1.807, 2.05) is 28.8 Å². The molecular weight excluding hydrogens is 526 g/mol. The van der Waals surface area contributed by atoms with E-state index in [1.54, 1.807) is 55.1 Å². The van der Waals surface area contributed by atoms with Crippen LogP contribution < -0.4 is 5.32 Å². The molecule has 1 aliphatic heterocycles. The highest BCUT2D eigenvalue weighted by Gasteiger charge is 2.28. The van der Waals surface area contributed by atoms with E-state index in [-0.39, 0.29) is 23.3 Å². The minimum atomic E-state index is -3.71. The lowest BCUT2D eigenvalue weighted by Crippen LogP contribution is -2.35. The first-order chi connectivity index (χ1) is 19.5. The van der Waals surface area contributed by atoms with E-state index in [0.717, 1.165) is 11.1 Å². The first-order valence-corrected chi connectivity index (χ1v) is 15.0. The van der Waals surface area contributed by atoms with Crippen molar-refractivity contribution in [2.24, 2.45) is 5.92 Å².